The van der Waals surface area contributed by atoms with Crippen molar-refractivity contribution in [3.63, 3.8) is 0 Å². The average molecular weight is 496 g/mol. The van der Waals surface area contributed by atoms with Crippen LogP contribution in [-0.2, 0) is 11.4 Å². The van der Waals surface area contributed by atoms with Gasteiger partial charge >= 0.3 is 12.3 Å². The van der Waals surface area contributed by atoms with Crippen molar-refractivity contribution in [1.82, 2.24) is 5.32 Å². The summed E-state index contributed by atoms with van der Waals surface area (Å²) in [5.74, 6) is -3.11. The van der Waals surface area contributed by atoms with E-state index < -0.39 is 41.8 Å². The van der Waals surface area contributed by atoms with E-state index in [9.17, 15) is 27.2 Å². The minimum Gasteiger partial charge on any atom is -0.489 e. The molecule has 2 aromatic rings. The number of hydrogen-bond donors (Lipinski definition) is 2. The Morgan fingerprint density at radius 2 is 1.78 bits per heavy atom. The molecule has 0 bridgehead atoms. The summed E-state index contributed by atoms with van der Waals surface area (Å²) >= 11 is 11.9. The van der Waals surface area contributed by atoms with Gasteiger partial charge in [-0.25, -0.2) is 4.39 Å². The number of ether oxygens (including phenoxy) is 2. The molecule has 2 aromatic carbocycles. The SMILES string of the molecule is O=C(O)C1CCC(C(=O)c2cc(Cl)c(COc3ccc(OC(F)(F)F)c(Cl)c3)cc2F)N1. The molecule has 32 heavy (non-hydrogen) atoms. The number of aliphatic carboxylic acids is 1. The Bertz CT molecular complexity index is 1050. The minimum atomic E-state index is -4.90. The van der Waals surface area contributed by atoms with E-state index in [1.54, 1.807) is 0 Å². The summed E-state index contributed by atoms with van der Waals surface area (Å²) in [5.41, 5.74) is -0.116. The Morgan fingerprint density at radius 1 is 1.09 bits per heavy atom. The zero-order valence-electron chi connectivity index (χ0n) is 16.0. The number of carboxylic acid groups (broad SMARTS) is 1. The summed E-state index contributed by atoms with van der Waals surface area (Å²) in [6.07, 6.45) is -4.42. The number of hydrogen-bond acceptors (Lipinski definition) is 5. The minimum absolute atomic E-state index is 0.0191. The van der Waals surface area contributed by atoms with Crippen LogP contribution in [0.3, 0.4) is 0 Å². The van der Waals surface area contributed by atoms with Crippen LogP contribution < -0.4 is 14.8 Å². The molecule has 2 atom stereocenters. The fourth-order valence-electron chi connectivity index (χ4n) is 3.16. The van der Waals surface area contributed by atoms with E-state index in [0.29, 0.717) is 0 Å². The van der Waals surface area contributed by atoms with Gasteiger partial charge in [-0.1, -0.05) is 23.2 Å². The molecular weight excluding hydrogens is 481 g/mol. The molecule has 0 aliphatic carbocycles. The second-order valence-corrected chi connectivity index (χ2v) is 7.72. The van der Waals surface area contributed by atoms with Crippen LogP contribution in [0.4, 0.5) is 17.6 Å². The topological polar surface area (TPSA) is 84.9 Å². The summed E-state index contributed by atoms with van der Waals surface area (Å²) in [6, 6.07) is 3.64. The summed E-state index contributed by atoms with van der Waals surface area (Å²) in [5, 5.41) is 11.3. The summed E-state index contributed by atoms with van der Waals surface area (Å²) in [7, 11) is 0. The van der Waals surface area contributed by atoms with Gasteiger partial charge in [0.05, 0.1) is 16.6 Å². The molecule has 2 unspecified atom stereocenters. The monoisotopic (exact) mass is 495 g/mol. The Kier molecular flexibility index (Phi) is 7.16. The molecule has 3 rings (SSSR count). The first-order valence-corrected chi connectivity index (χ1v) is 9.89. The third-order valence-corrected chi connectivity index (χ3v) is 5.33. The highest BCUT2D eigenvalue weighted by Gasteiger charge is 2.35. The largest absolute Gasteiger partial charge is 0.573 e. The van der Waals surface area contributed by atoms with Crippen LogP contribution in [0.2, 0.25) is 10.0 Å². The molecule has 172 valence electrons. The lowest BCUT2D eigenvalue weighted by Crippen LogP contribution is -2.39. The highest BCUT2D eigenvalue weighted by atomic mass is 35.5. The van der Waals surface area contributed by atoms with Crippen molar-refractivity contribution >= 4 is 35.0 Å². The van der Waals surface area contributed by atoms with Crippen LogP contribution in [0.15, 0.2) is 30.3 Å². The summed E-state index contributed by atoms with van der Waals surface area (Å²) in [6.45, 7) is -0.261. The number of ketones is 1. The molecular formula is C20H15Cl2F4NO5. The van der Waals surface area contributed by atoms with Crippen molar-refractivity contribution in [1.29, 1.82) is 0 Å². The zero-order valence-corrected chi connectivity index (χ0v) is 17.5. The zero-order chi connectivity index (χ0) is 23.6. The lowest BCUT2D eigenvalue weighted by Gasteiger charge is -2.14. The molecule has 12 heteroatoms. The van der Waals surface area contributed by atoms with Crippen molar-refractivity contribution in [2.45, 2.75) is 37.9 Å². The van der Waals surface area contributed by atoms with Gasteiger partial charge < -0.3 is 14.6 Å². The molecule has 0 radical (unpaired) electrons. The molecule has 1 saturated heterocycles. The maximum Gasteiger partial charge on any atom is 0.573 e. The fraction of sp³-hybridized carbons (Fsp3) is 0.300. The van der Waals surface area contributed by atoms with Gasteiger partial charge in [0, 0.05) is 16.7 Å². The maximum atomic E-state index is 14.6. The molecule has 1 fully saturated rings. The Morgan fingerprint density at radius 3 is 2.38 bits per heavy atom. The molecule has 1 aliphatic heterocycles. The molecule has 6 nitrogen and oxygen atoms in total. The van der Waals surface area contributed by atoms with Crippen LogP contribution in [0.25, 0.3) is 0 Å². The van der Waals surface area contributed by atoms with Crippen molar-refractivity contribution < 1.29 is 41.7 Å². The average Bonchev–Trinajstić information content (AvgIpc) is 3.19. The van der Waals surface area contributed by atoms with Crippen LogP contribution in [0.1, 0.15) is 28.8 Å². The molecule has 1 heterocycles. The summed E-state index contributed by atoms with van der Waals surface area (Å²) < 4.78 is 60.6. The molecule has 0 spiro atoms. The second-order valence-electron chi connectivity index (χ2n) is 6.90. The summed E-state index contributed by atoms with van der Waals surface area (Å²) in [4.78, 5) is 23.6. The van der Waals surface area contributed by atoms with Crippen LogP contribution in [0.5, 0.6) is 11.5 Å². The van der Waals surface area contributed by atoms with E-state index in [1.807, 2.05) is 0 Å². The maximum absolute atomic E-state index is 14.6. The quantitative estimate of drug-likeness (QED) is 0.415. The lowest BCUT2D eigenvalue weighted by atomic mass is 10.0. The van der Waals surface area contributed by atoms with Gasteiger partial charge in [-0.2, -0.15) is 0 Å². The van der Waals surface area contributed by atoms with E-state index >= 15 is 0 Å². The number of carboxylic acids is 1. The van der Waals surface area contributed by atoms with Crippen LogP contribution in [-0.4, -0.2) is 35.3 Å². The number of rotatable bonds is 7. The van der Waals surface area contributed by atoms with Gasteiger partial charge in [0.1, 0.15) is 30.0 Å². The number of halogens is 6. The van der Waals surface area contributed by atoms with E-state index in [-0.39, 0.29) is 46.4 Å². The highest BCUT2D eigenvalue weighted by molar-refractivity contribution is 6.32. The molecule has 0 amide bonds. The number of carbonyl (C=O) groups excluding carboxylic acids is 1. The molecule has 1 aliphatic rings. The van der Waals surface area contributed by atoms with Gasteiger partial charge in [-0.15, -0.1) is 13.2 Å². The first kappa shape index (κ1) is 24.1. The normalized spacial score (nSPS) is 18.4. The van der Waals surface area contributed by atoms with Gasteiger partial charge in [0.2, 0.25) is 0 Å². The van der Waals surface area contributed by atoms with Crippen molar-refractivity contribution in [2.75, 3.05) is 0 Å². The van der Waals surface area contributed by atoms with Gasteiger partial charge in [-0.3, -0.25) is 14.9 Å². The number of nitrogens with one attached hydrogen (secondary N) is 1. The van der Waals surface area contributed by atoms with Crippen LogP contribution in [0, 0.1) is 5.82 Å². The van der Waals surface area contributed by atoms with Gasteiger partial charge in [0.25, 0.3) is 0 Å². The van der Waals surface area contributed by atoms with Crippen LogP contribution >= 0.6 is 23.2 Å². The predicted octanol–water partition coefficient (Wildman–Crippen LogP) is 5.00. The number of carbonyl (C=O) groups is 2. The molecule has 0 aromatic heterocycles. The number of benzene rings is 2. The Labute approximate surface area is 189 Å². The van der Waals surface area contributed by atoms with E-state index in [4.69, 9.17) is 33.0 Å². The lowest BCUT2D eigenvalue weighted by molar-refractivity contribution is -0.274. The first-order chi connectivity index (χ1) is 14.9. The van der Waals surface area contributed by atoms with E-state index in [1.165, 1.54) is 6.07 Å². The second kappa shape index (κ2) is 9.51. The predicted molar refractivity (Wildman–Crippen MR) is 106 cm³/mol. The van der Waals surface area contributed by atoms with E-state index in [0.717, 1.165) is 24.3 Å². The van der Waals surface area contributed by atoms with Gasteiger partial charge in [-0.05, 0) is 37.1 Å². The number of Topliss-reactive ketones (excluding diaryl/α,β-unsaturated/α-hetero) is 1. The van der Waals surface area contributed by atoms with Gasteiger partial charge in [0.15, 0.2) is 5.78 Å². The Hall–Kier alpha value is -2.56. The highest BCUT2D eigenvalue weighted by Crippen LogP contribution is 2.33. The molecule has 2 N–H and O–H groups in total. The molecule has 0 saturated carbocycles. The smallest absolute Gasteiger partial charge is 0.489 e. The Balaban J connectivity index is 1.69. The van der Waals surface area contributed by atoms with Crippen molar-refractivity contribution in [2.24, 2.45) is 0 Å². The third kappa shape index (κ3) is 5.81. The van der Waals surface area contributed by atoms with Crippen molar-refractivity contribution in [3.05, 3.63) is 57.3 Å². The number of alkyl halides is 3. The fourth-order valence-corrected chi connectivity index (χ4v) is 3.59. The first-order valence-electron chi connectivity index (χ1n) is 9.13. The van der Waals surface area contributed by atoms with Crippen molar-refractivity contribution in [3.8, 4) is 11.5 Å². The van der Waals surface area contributed by atoms with E-state index in [2.05, 4.69) is 10.1 Å². The third-order valence-electron chi connectivity index (χ3n) is 4.69. The standard InChI is InChI=1S/C20H15Cl2F4NO5/c21-12-7-11(18(28)15-2-3-16(27-15)19(29)30)14(23)5-9(12)8-31-10-1-4-17(13(22)6-10)32-20(24,25)26/h1,4-7,15-16,27H,2-3,8H2,(H,29,30).